The first kappa shape index (κ1) is 12.9. The summed E-state index contributed by atoms with van der Waals surface area (Å²) in [6, 6.07) is 5.11. The predicted molar refractivity (Wildman–Crippen MR) is 77.1 cm³/mol. The summed E-state index contributed by atoms with van der Waals surface area (Å²) in [4.78, 5) is 25.9. The first-order valence-corrected chi connectivity index (χ1v) is 7.32. The van der Waals surface area contributed by atoms with Crippen molar-refractivity contribution in [2.24, 2.45) is 0 Å². The third-order valence-corrected chi connectivity index (χ3v) is 4.78. The van der Waals surface area contributed by atoms with Crippen LogP contribution < -0.4 is 4.90 Å². The smallest absolute Gasteiger partial charge is 0.261 e. The molecule has 2 amide bonds. The molecule has 3 rings (SSSR count). The molecule has 0 saturated carbocycles. The minimum absolute atomic E-state index is 0.182. The Kier molecular flexibility index (Phi) is 3.23. The number of carbonyl (C=O) groups excluding carboxylic acids is 2. The Hall–Kier alpha value is -1.13. The van der Waals surface area contributed by atoms with Crippen molar-refractivity contribution in [3.05, 3.63) is 38.8 Å². The Bertz CT molecular complexity index is 596. The topological polar surface area (TPSA) is 37.4 Å². The van der Waals surface area contributed by atoms with Crippen LogP contribution >= 0.6 is 27.5 Å². The molecule has 1 aromatic carbocycles. The van der Waals surface area contributed by atoms with Gasteiger partial charge in [-0.2, -0.15) is 0 Å². The van der Waals surface area contributed by atoms with Crippen molar-refractivity contribution < 1.29 is 9.59 Å². The summed E-state index contributed by atoms with van der Waals surface area (Å²) in [7, 11) is 0. The van der Waals surface area contributed by atoms with Crippen molar-refractivity contribution in [3.8, 4) is 0 Å². The van der Waals surface area contributed by atoms with E-state index in [2.05, 4.69) is 15.9 Å². The van der Waals surface area contributed by atoms with E-state index in [0.29, 0.717) is 34.7 Å². The maximum Gasteiger partial charge on any atom is 0.261 e. The number of anilines is 1. The zero-order valence-corrected chi connectivity index (χ0v) is 12.4. The molecule has 3 nitrogen and oxygen atoms in total. The fourth-order valence-electron chi connectivity index (χ4n) is 2.60. The second-order valence-electron chi connectivity index (χ2n) is 4.71. The third-order valence-electron chi connectivity index (χ3n) is 3.55. The standard InChI is InChI=1S/C14H11BrClNO2/c15-11-6-5-8(7-12(11)16)17-13(18)9-3-1-2-4-10(9)14(17)19/h5-7H,1-4H2. The lowest BCUT2D eigenvalue weighted by molar-refractivity contribution is -0.120. The summed E-state index contributed by atoms with van der Waals surface area (Å²) in [6.45, 7) is 0. The SMILES string of the molecule is O=C1C2=C(CCCC2)C(=O)N1c1ccc(Br)c(Cl)c1. The predicted octanol–water partition coefficient (Wildman–Crippen LogP) is 3.85. The van der Waals surface area contributed by atoms with E-state index in [9.17, 15) is 9.59 Å². The van der Waals surface area contributed by atoms with Gasteiger partial charge in [-0.25, -0.2) is 4.90 Å². The average molecular weight is 341 g/mol. The molecule has 1 aromatic rings. The van der Waals surface area contributed by atoms with Gasteiger partial charge in [-0.15, -0.1) is 0 Å². The summed E-state index contributed by atoms with van der Waals surface area (Å²) in [5, 5.41) is 0.489. The van der Waals surface area contributed by atoms with Crippen LogP contribution in [-0.2, 0) is 9.59 Å². The molecule has 1 aliphatic heterocycles. The van der Waals surface area contributed by atoms with Gasteiger partial charge >= 0.3 is 0 Å². The summed E-state index contributed by atoms with van der Waals surface area (Å²) in [5.74, 6) is -0.365. The Balaban J connectivity index is 2.01. The van der Waals surface area contributed by atoms with E-state index in [0.717, 1.165) is 17.3 Å². The third kappa shape index (κ3) is 2.03. The van der Waals surface area contributed by atoms with Crippen LogP contribution in [0.5, 0.6) is 0 Å². The van der Waals surface area contributed by atoms with Crippen LogP contribution in [0, 0.1) is 0 Å². The number of amides is 2. The molecule has 0 saturated heterocycles. The number of halogens is 2. The first-order chi connectivity index (χ1) is 9.09. The highest BCUT2D eigenvalue weighted by molar-refractivity contribution is 9.10. The van der Waals surface area contributed by atoms with Crippen LogP contribution in [0.25, 0.3) is 0 Å². The van der Waals surface area contributed by atoms with Crippen molar-refractivity contribution in [2.75, 3.05) is 4.90 Å². The van der Waals surface area contributed by atoms with Crippen LogP contribution in [0.1, 0.15) is 25.7 Å². The highest BCUT2D eigenvalue weighted by Crippen LogP contribution is 2.37. The van der Waals surface area contributed by atoms with Crippen molar-refractivity contribution in [1.82, 2.24) is 0 Å². The van der Waals surface area contributed by atoms with E-state index < -0.39 is 0 Å². The Morgan fingerprint density at radius 1 is 1.05 bits per heavy atom. The molecule has 5 heteroatoms. The van der Waals surface area contributed by atoms with Gasteiger partial charge in [0.05, 0.1) is 10.7 Å². The van der Waals surface area contributed by atoms with Crippen molar-refractivity contribution in [1.29, 1.82) is 0 Å². The van der Waals surface area contributed by atoms with E-state index in [1.54, 1.807) is 18.2 Å². The molecule has 2 aliphatic rings. The van der Waals surface area contributed by atoms with E-state index in [1.165, 1.54) is 4.90 Å². The van der Waals surface area contributed by atoms with Gasteiger partial charge in [-0.05, 0) is 59.8 Å². The zero-order chi connectivity index (χ0) is 13.6. The number of imide groups is 1. The minimum atomic E-state index is -0.182. The quantitative estimate of drug-likeness (QED) is 0.728. The fourth-order valence-corrected chi connectivity index (χ4v) is 3.02. The molecular formula is C14H11BrClNO2. The molecule has 0 fully saturated rings. The van der Waals surface area contributed by atoms with Gasteiger partial charge in [0.1, 0.15) is 0 Å². The monoisotopic (exact) mass is 339 g/mol. The van der Waals surface area contributed by atoms with Crippen molar-refractivity contribution in [2.45, 2.75) is 25.7 Å². The van der Waals surface area contributed by atoms with Crippen LogP contribution in [0.3, 0.4) is 0 Å². The summed E-state index contributed by atoms with van der Waals surface area (Å²) in [6.07, 6.45) is 3.38. The average Bonchev–Trinajstić information content (AvgIpc) is 2.66. The second-order valence-corrected chi connectivity index (χ2v) is 5.97. The highest BCUT2D eigenvalue weighted by atomic mass is 79.9. The molecular weight excluding hydrogens is 330 g/mol. The van der Waals surface area contributed by atoms with Gasteiger partial charge < -0.3 is 0 Å². The molecule has 1 heterocycles. The van der Waals surface area contributed by atoms with E-state index in [1.807, 2.05) is 0 Å². The fraction of sp³-hybridized carbons (Fsp3) is 0.286. The van der Waals surface area contributed by atoms with Gasteiger partial charge in [0.2, 0.25) is 0 Å². The number of carbonyl (C=O) groups is 2. The summed E-state index contributed by atoms with van der Waals surface area (Å²) >= 11 is 9.33. The minimum Gasteiger partial charge on any atom is -0.269 e. The van der Waals surface area contributed by atoms with Crippen molar-refractivity contribution in [3.63, 3.8) is 0 Å². The lowest BCUT2D eigenvalue weighted by Crippen LogP contribution is -2.31. The summed E-state index contributed by atoms with van der Waals surface area (Å²) in [5.41, 5.74) is 1.92. The van der Waals surface area contributed by atoms with Crippen LogP contribution in [0.4, 0.5) is 5.69 Å². The van der Waals surface area contributed by atoms with E-state index in [4.69, 9.17) is 11.6 Å². The summed E-state index contributed by atoms with van der Waals surface area (Å²) < 4.78 is 0.745. The lowest BCUT2D eigenvalue weighted by atomic mass is 9.93. The lowest BCUT2D eigenvalue weighted by Gasteiger charge is -2.15. The molecule has 0 unspecified atom stereocenters. The Morgan fingerprint density at radius 3 is 2.16 bits per heavy atom. The largest absolute Gasteiger partial charge is 0.269 e. The maximum atomic E-state index is 12.3. The molecule has 1 aliphatic carbocycles. The maximum absolute atomic E-state index is 12.3. The van der Waals surface area contributed by atoms with Crippen molar-refractivity contribution >= 4 is 45.0 Å². The zero-order valence-electron chi connectivity index (χ0n) is 10.1. The first-order valence-electron chi connectivity index (χ1n) is 6.15. The number of nitrogens with zero attached hydrogens (tertiary/aromatic N) is 1. The molecule has 0 radical (unpaired) electrons. The highest BCUT2D eigenvalue weighted by Gasteiger charge is 2.39. The van der Waals surface area contributed by atoms with Gasteiger partial charge in [0.15, 0.2) is 0 Å². The molecule has 19 heavy (non-hydrogen) atoms. The Morgan fingerprint density at radius 2 is 1.63 bits per heavy atom. The van der Waals surface area contributed by atoms with Crippen LogP contribution in [-0.4, -0.2) is 11.8 Å². The molecule has 98 valence electrons. The Labute approximate surface area is 124 Å². The number of rotatable bonds is 1. The molecule has 0 N–H and O–H groups in total. The van der Waals surface area contributed by atoms with E-state index >= 15 is 0 Å². The van der Waals surface area contributed by atoms with Gasteiger partial charge in [-0.1, -0.05) is 11.6 Å². The van der Waals surface area contributed by atoms with E-state index in [-0.39, 0.29) is 11.8 Å². The molecule has 0 bridgehead atoms. The van der Waals surface area contributed by atoms with Crippen LogP contribution in [0.2, 0.25) is 5.02 Å². The molecule has 0 aromatic heterocycles. The van der Waals surface area contributed by atoms with Gasteiger partial charge in [0, 0.05) is 15.6 Å². The molecule has 0 atom stereocenters. The number of hydrogen-bond donors (Lipinski definition) is 0. The molecule has 0 spiro atoms. The normalized spacial score (nSPS) is 19.2. The van der Waals surface area contributed by atoms with Crippen LogP contribution in [0.15, 0.2) is 33.8 Å². The number of hydrogen-bond acceptors (Lipinski definition) is 2. The van der Waals surface area contributed by atoms with Gasteiger partial charge in [0.25, 0.3) is 11.8 Å². The van der Waals surface area contributed by atoms with Gasteiger partial charge in [-0.3, -0.25) is 9.59 Å². The second kappa shape index (κ2) is 4.76. The number of benzene rings is 1.